The molecule has 1 amide bonds. The summed E-state index contributed by atoms with van der Waals surface area (Å²) in [6, 6.07) is 0. The van der Waals surface area contributed by atoms with Gasteiger partial charge in [0.2, 0.25) is 0 Å². The van der Waals surface area contributed by atoms with Crippen LogP contribution in [0.5, 0.6) is 0 Å². The maximum absolute atomic E-state index is 12.3. The predicted octanol–water partition coefficient (Wildman–Crippen LogP) is 2.54. The van der Waals surface area contributed by atoms with Gasteiger partial charge in [-0.15, -0.1) is 0 Å². The number of aromatic nitrogens is 2. The number of piperidine rings is 1. The number of hydrogen-bond acceptors (Lipinski definition) is 4. The fourth-order valence-electron chi connectivity index (χ4n) is 2.19. The van der Waals surface area contributed by atoms with Gasteiger partial charge >= 0.3 is 6.09 Å². The molecule has 0 radical (unpaired) electrons. The number of nitrogens with zero attached hydrogens (tertiary/aromatic N) is 3. The first-order valence-electron chi connectivity index (χ1n) is 6.63. The highest BCUT2D eigenvalue weighted by atomic mass is 79.9. The van der Waals surface area contributed by atoms with Crippen LogP contribution in [0.3, 0.4) is 0 Å². The quantitative estimate of drug-likeness (QED) is 0.849. The van der Waals surface area contributed by atoms with Gasteiger partial charge in [-0.1, -0.05) is 0 Å². The molecule has 112 valence electrons. The van der Waals surface area contributed by atoms with Crippen LogP contribution < -0.4 is 0 Å². The first-order chi connectivity index (χ1) is 9.26. The molecule has 0 saturated carbocycles. The van der Waals surface area contributed by atoms with Crippen LogP contribution in [0.1, 0.15) is 39.8 Å². The van der Waals surface area contributed by atoms with E-state index < -0.39 is 11.7 Å². The van der Waals surface area contributed by atoms with Crippen molar-refractivity contribution in [2.24, 2.45) is 0 Å². The molecule has 0 spiro atoms. The molecule has 2 atom stereocenters. The zero-order valence-corrected chi connectivity index (χ0v) is 13.5. The molecule has 0 aliphatic carbocycles. The summed E-state index contributed by atoms with van der Waals surface area (Å²) >= 11 is 3.34. The Labute approximate surface area is 126 Å². The smallest absolute Gasteiger partial charge is 0.412 e. The molecule has 7 heteroatoms. The molecule has 20 heavy (non-hydrogen) atoms. The van der Waals surface area contributed by atoms with Gasteiger partial charge in [-0.3, -0.25) is 4.90 Å². The Kier molecular flexibility index (Phi) is 4.39. The normalized spacial score (nSPS) is 23.8. The Morgan fingerprint density at radius 2 is 2.25 bits per heavy atom. The molecule has 6 nitrogen and oxygen atoms in total. The summed E-state index contributed by atoms with van der Waals surface area (Å²) in [6.45, 7) is 5.97. The number of aliphatic hydroxyl groups is 1. The lowest BCUT2D eigenvalue weighted by Gasteiger charge is -2.38. The van der Waals surface area contributed by atoms with Crippen LogP contribution in [0.25, 0.3) is 0 Å². The molecular weight excluding hydrogens is 326 g/mol. The average Bonchev–Trinajstić information content (AvgIpc) is 2.73. The molecule has 1 N–H and O–H groups in total. The summed E-state index contributed by atoms with van der Waals surface area (Å²) in [5.74, 6) is 0. The Morgan fingerprint density at radius 1 is 1.55 bits per heavy atom. The molecule has 0 aromatic carbocycles. The number of amides is 1. The third-order valence-corrected chi connectivity index (χ3v) is 3.46. The predicted molar refractivity (Wildman–Crippen MR) is 77.1 cm³/mol. The molecule has 0 bridgehead atoms. The largest absolute Gasteiger partial charge is 0.444 e. The van der Waals surface area contributed by atoms with Crippen LogP contribution in [0, 0.1) is 0 Å². The minimum Gasteiger partial charge on any atom is -0.444 e. The van der Waals surface area contributed by atoms with Crippen molar-refractivity contribution in [2.75, 3.05) is 6.54 Å². The second-order valence-corrected chi connectivity index (χ2v) is 6.89. The first-order valence-corrected chi connectivity index (χ1v) is 7.43. The zero-order valence-electron chi connectivity index (χ0n) is 11.9. The summed E-state index contributed by atoms with van der Waals surface area (Å²) in [7, 11) is 0. The lowest BCUT2D eigenvalue weighted by Crippen LogP contribution is -2.47. The van der Waals surface area contributed by atoms with E-state index in [9.17, 15) is 9.90 Å². The Balaban J connectivity index is 2.18. The third kappa shape index (κ3) is 3.73. The second-order valence-electron chi connectivity index (χ2n) is 5.97. The van der Waals surface area contributed by atoms with E-state index in [0.29, 0.717) is 19.4 Å². The Bertz CT molecular complexity index is 483. The van der Waals surface area contributed by atoms with E-state index in [0.717, 1.165) is 4.47 Å². The van der Waals surface area contributed by atoms with Crippen LogP contribution in [0.15, 0.2) is 16.9 Å². The lowest BCUT2D eigenvalue weighted by atomic mass is 10.1. The monoisotopic (exact) mass is 345 g/mol. The molecule has 1 aromatic heterocycles. The van der Waals surface area contributed by atoms with Crippen LogP contribution in [0.4, 0.5) is 4.79 Å². The van der Waals surface area contributed by atoms with E-state index in [2.05, 4.69) is 21.0 Å². The summed E-state index contributed by atoms with van der Waals surface area (Å²) in [4.78, 5) is 13.9. The van der Waals surface area contributed by atoms with E-state index in [4.69, 9.17) is 4.74 Å². The van der Waals surface area contributed by atoms with E-state index in [1.165, 1.54) is 0 Å². The second kappa shape index (κ2) is 5.73. The van der Waals surface area contributed by atoms with Crippen LogP contribution in [-0.4, -0.2) is 44.1 Å². The molecule has 2 rings (SSSR count). The highest BCUT2D eigenvalue weighted by molar-refractivity contribution is 9.10. The standard InChI is InChI=1S/C13H20BrN3O3/c1-13(2,3)20-12(19)16-5-4-10(18)6-11(16)17-8-9(14)7-15-17/h7-8,10-11,18H,4-6H2,1-3H3. The van der Waals surface area contributed by atoms with Crippen molar-refractivity contribution < 1.29 is 14.6 Å². The first kappa shape index (κ1) is 15.3. The molecule has 1 fully saturated rings. The van der Waals surface area contributed by atoms with Crippen molar-refractivity contribution in [3.63, 3.8) is 0 Å². The van der Waals surface area contributed by atoms with Crippen molar-refractivity contribution in [3.8, 4) is 0 Å². The van der Waals surface area contributed by atoms with E-state index in [-0.39, 0.29) is 12.3 Å². The molecular formula is C13H20BrN3O3. The van der Waals surface area contributed by atoms with Crippen LogP contribution in [-0.2, 0) is 4.74 Å². The summed E-state index contributed by atoms with van der Waals surface area (Å²) in [5.41, 5.74) is -0.539. The van der Waals surface area contributed by atoms with Crippen molar-refractivity contribution in [2.45, 2.75) is 51.5 Å². The van der Waals surface area contributed by atoms with E-state index in [1.54, 1.807) is 22.0 Å². The zero-order chi connectivity index (χ0) is 14.9. The van der Waals surface area contributed by atoms with Gasteiger partial charge in [-0.05, 0) is 43.1 Å². The highest BCUT2D eigenvalue weighted by Crippen LogP contribution is 2.28. The highest BCUT2D eigenvalue weighted by Gasteiger charge is 2.35. The van der Waals surface area contributed by atoms with Crippen LogP contribution in [0.2, 0.25) is 0 Å². The molecule has 1 saturated heterocycles. The minimum atomic E-state index is -0.539. The number of rotatable bonds is 1. The Hall–Kier alpha value is -1.08. The van der Waals surface area contributed by atoms with Gasteiger partial charge in [-0.2, -0.15) is 5.10 Å². The molecule has 2 heterocycles. The number of hydrogen-bond donors (Lipinski definition) is 1. The van der Waals surface area contributed by atoms with E-state index >= 15 is 0 Å². The molecule has 1 aliphatic heterocycles. The lowest BCUT2D eigenvalue weighted by molar-refractivity contribution is -0.0266. The summed E-state index contributed by atoms with van der Waals surface area (Å²) < 4.78 is 7.94. The van der Waals surface area contributed by atoms with Gasteiger partial charge in [0.15, 0.2) is 0 Å². The fourth-order valence-corrected chi connectivity index (χ4v) is 2.49. The fraction of sp³-hybridized carbons (Fsp3) is 0.692. The SMILES string of the molecule is CC(C)(C)OC(=O)N1CCC(O)CC1n1cc(Br)cn1. The van der Waals surface area contributed by atoms with Gasteiger partial charge in [-0.25, -0.2) is 9.48 Å². The summed E-state index contributed by atoms with van der Waals surface area (Å²) in [6.07, 6.45) is 3.34. The topological polar surface area (TPSA) is 67.6 Å². The number of ether oxygens (including phenoxy) is 1. The number of halogens is 1. The molecule has 1 aromatic rings. The Morgan fingerprint density at radius 3 is 2.80 bits per heavy atom. The van der Waals surface area contributed by atoms with E-state index in [1.807, 2.05) is 20.8 Å². The molecule has 2 unspecified atom stereocenters. The van der Waals surface area contributed by atoms with Gasteiger partial charge in [0.05, 0.1) is 16.8 Å². The number of carbonyl (C=O) groups excluding carboxylic acids is 1. The summed E-state index contributed by atoms with van der Waals surface area (Å²) in [5, 5.41) is 14.1. The maximum atomic E-state index is 12.3. The van der Waals surface area contributed by atoms with Crippen molar-refractivity contribution in [1.82, 2.24) is 14.7 Å². The minimum absolute atomic E-state index is 0.320. The van der Waals surface area contributed by atoms with Gasteiger partial charge < -0.3 is 9.84 Å². The van der Waals surface area contributed by atoms with Gasteiger partial charge in [0.25, 0.3) is 0 Å². The van der Waals surface area contributed by atoms with Crippen molar-refractivity contribution in [1.29, 1.82) is 0 Å². The third-order valence-electron chi connectivity index (χ3n) is 3.05. The van der Waals surface area contributed by atoms with Gasteiger partial charge in [0, 0.05) is 19.2 Å². The van der Waals surface area contributed by atoms with Gasteiger partial charge in [0.1, 0.15) is 11.8 Å². The van der Waals surface area contributed by atoms with Crippen molar-refractivity contribution >= 4 is 22.0 Å². The average molecular weight is 346 g/mol. The number of aliphatic hydroxyl groups excluding tert-OH is 1. The number of carbonyl (C=O) groups is 1. The maximum Gasteiger partial charge on any atom is 0.412 e. The van der Waals surface area contributed by atoms with Crippen molar-refractivity contribution in [3.05, 3.63) is 16.9 Å². The van der Waals surface area contributed by atoms with Crippen LogP contribution >= 0.6 is 15.9 Å². The number of likely N-dealkylation sites (tertiary alicyclic amines) is 1. The molecule has 1 aliphatic rings.